The van der Waals surface area contributed by atoms with E-state index in [-0.39, 0.29) is 11.2 Å². The fourth-order valence-electron chi connectivity index (χ4n) is 3.97. The summed E-state index contributed by atoms with van der Waals surface area (Å²) in [6.07, 6.45) is 3.13. The average molecular weight is 455 g/mol. The Morgan fingerprint density at radius 3 is 1.94 bits per heavy atom. The number of nitrogens with zero attached hydrogens (tertiary/aromatic N) is 2. The predicted molar refractivity (Wildman–Crippen MR) is 140 cm³/mol. The van der Waals surface area contributed by atoms with Gasteiger partial charge in [-0.05, 0) is 52.4 Å². The number of halogens is 1. The van der Waals surface area contributed by atoms with Crippen molar-refractivity contribution in [3.63, 3.8) is 0 Å². The molecule has 0 atom stereocenters. The van der Waals surface area contributed by atoms with Crippen LogP contribution in [-0.4, -0.2) is 18.0 Å². The average Bonchev–Trinajstić information content (AvgIpc) is 2.78. The summed E-state index contributed by atoms with van der Waals surface area (Å²) in [6.45, 7) is 13.7. The minimum absolute atomic E-state index is 0.0189. The lowest BCUT2D eigenvalue weighted by Gasteiger charge is -2.23. The van der Waals surface area contributed by atoms with Crippen molar-refractivity contribution in [1.82, 2.24) is 9.97 Å². The second-order valence-electron chi connectivity index (χ2n) is 10.6. The molecule has 0 aliphatic rings. The van der Waals surface area contributed by atoms with Crippen LogP contribution in [0.5, 0.6) is 0 Å². The summed E-state index contributed by atoms with van der Waals surface area (Å²) in [6, 6.07) is 22.6. The van der Waals surface area contributed by atoms with Gasteiger partial charge in [0.2, 0.25) is 0 Å². The fraction of sp³-hybridized carbons (Fsp3) is 0.241. The summed E-state index contributed by atoms with van der Waals surface area (Å²) in [4.78, 5) is 9.11. The highest BCUT2D eigenvalue weighted by molar-refractivity contribution is 6.88. The van der Waals surface area contributed by atoms with Gasteiger partial charge in [-0.2, -0.15) is 0 Å². The van der Waals surface area contributed by atoms with Gasteiger partial charge < -0.3 is 0 Å². The summed E-state index contributed by atoms with van der Waals surface area (Å²) in [7, 11) is -1.56. The quantitative estimate of drug-likeness (QED) is 0.299. The third-order valence-corrected chi connectivity index (χ3v) is 8.05. The Morgan fingerprint density at radius 2 is 1.36 bits per heavy atom. The summed E-state index contributed by atoms with van der Waals surface area (Å²) in [5.41, 5.74) is 7.28. The second-order valence-corrected chi connectivity index (χ2v) is 15.7. The Bertz CT molecular complexity index is 1270. The zero-order valence-corrected chi connectivity index (χ0v) is 21.3. The van der Waals surface area contributed by atoms with E-state index in [9.17, 15) is 4.39 Å². The smallest absolute Gasteiger partial charge is 0.141 e. The number of hydrogen-bond acceptors (Lipinski definition) is 2. The molecule has 0 radical (unpaired) electrons. The zero-order valence-electron chi connectivity index (χ0n) is 20.3. The van der Waals surface area contributed by atoms with Crippen LogP contribution >= 0.6 is 0 Å². The van der Waals surface area contributed by atoms with Gasteiger partial charge in [-0.3, -0.25) is 9.97 Å². The van der Waals surface area contributed by atoms with E-state index in [1.807, 2.05) is 18.3 Å². The molecule has 0 fully saturated rings. The fourth-order valence-corrected chi connectivity index (χ4v) is 5.13. The molecule has 2 nitrogen and oxygen atoms in total. The van der Waals surface area contributed by atoms with E-state index in [2.05, 4.69) is 92.8 Å². The molecule has 0 spiro atoms. The van der Waals surface area contributed by atoms with Crippen LogP contribution in [0.4, 0.5) is 4.39 Å². The van der Waals surface area contributed by atoms with Crippen molar-refractivity contribution in [2.75, 3.05) is 0 Å². The van der Waals surface area contributed by atoms with Crippen LogP contribution in [0.15, 0.2) is 79.1 Å². The van der Waals surface area contributed by atoms with Crippen LogP contribution in [0, 0.1) is 5.82 Å². The minimum Gasteiger partial charge on any atom is -0.256 e. The molecule has 0 aliphatic carbocycles. The highest BCUT2D eigenvalue weighted by Gasteiger charge is 2.22. The summed E-state index contributed by atoms with van der Waals surface area (Å²) >= 11 is 0. The third-order valence-electron chi connectivity index (χ3n) is 6.01. The molecule has 0 amide bonds. The minimum atomic E-state index is -1.56. The van der Waals surface area contributed by atoms with E-state index in [1.165, 1.54) is 23.0 Å². The maximum absolute atomic E-state index is 13.7. The van der Waals surface area contributed by atoms with E-state index in [1.54, 1.807) is 6.07 Å². The Morgan fingerprint density at radius 1 is 0.697 bits per heavy atom. The van der Waals surface area contributed by atoms with Crippen molar-refractivity contribution in [2.24, 2.45) is 0 Å². The molecule has 0 saturated carbocycles. The Labute approximate surface area is 197 Å². The molecule has 0 saturated heterocycles. The molecule has 0 bridgehead atoms. The van der Waals surface area contributed by atoms with E-state index in [4.69, 9.17) is 0 Å². The molecule has 0 aliphatic heterocycles. The summed E-state index contributed by atoms with van der Waals surface area (Å²) in [5.74, 6) is -0.328. The van der Waals surface area contributed by atoms with Crippen molar-refractivity contribution < 1.29 is 4.39 Å². The van der Waals surface area contributed by atoms with Crippen LogP contribution < -0.4 is 5.19 Å². The molecule has 0 unspecified atom stereocenters. The van der Waals surface area contributed by atoms with Gasteiger partial charge in [0.25, 0.3) is 0 Å². The lowest BCUT2D eigenvalue weighted by Crippen LogP contribution is -2.37. The predicted octanol–water partition coefficient (Wildman–Crippen LogP) is 7.46. The van der Waals surface area contributed by atoms with E-state index < -0.39 is 8.07 Å². The Kier molecular flexibility index (Phi) is 6.06. The van der Waals surface area contributed by atoms with Crippen LogP contribution in [0.25, 0.3) is 33.6 Å². The largest absolute Gasteiger partial charge is 0.256 e. The first kappa shape index (κ1) is 23.1. The van der Waals surface area contributed by atoms with Crippen molar-refractivity contribution in [1.29, 1.82) is 0 Å². The van der Waals surface area contributed by atoms with Gasteiger partial charge in [-0.25, -0.2) is 4.39 Å². The van der Waals surface area contributed by atoms with Gasteiger partial charge in [0, 0.05) is 17.3 Å². The lowest BCUT2D eigenvalue weighted by atomic mass is 9.83. The molecular formula is C29H31FN2Si. The topological polar surface area (TPSA) is 25.8 Å². The molecule has 33 heavy (non-hydrogen) atoms. The third kappa shape index (κ3) is 4.96. The van der Waals surface area contributed by atoms with Gasteiger partial charge in [0.05, 0.1) is 25.7 Å². The van der Waals surface area contributed by atoms with Crippen LogP contribution in [0.2, 0.25) is 19.6 Å². The summed E-state index contributed by atoms with van der Waals surface area (Å²) in [5, 5.41) is 1.35. The number of pyridine rings is 2. The first-order chi connectivity index (χ1) is 15.5. The van der Waals surface area contributed by atoms with E-state index in [0.717, 1.165) is 33.6 Å². The molecule has 0 N–H and O–H groups in total. The first-order valence-electron chi connectivity index (χ1n) is 11.4. The maximum atomic E-state index is 13.7. The SMILES string of the molecule is CC(C)(C)c1ccc(-c2ccc([Si](C)(C)C)cc2-c2ccc(F)cn2)c(-c2ccccn2)c1. The number of rotatable bonds is 4. The van der Waals surface area contributed by atoms with E-state index in [0.29, 0.717) is 0 Å². The zero-order chi connectivity index (χ0) is 23.8. The van der Waals surface area contributed by atoms with Crippen molar-refractivity contribution >= 4 is 13.3 Å². The number of hydrogen-bond donors (Lipinski definition) is 0. The molecule has 168 valence electrons. The number of benzene rings is 2. The van der Waals surface area contributed by atoms with Crippen molar-refractivity contribution in [2.45, 2.75) is 45.8 Å². The van der Waals surface area contributed by atoms with Crippen LogP contribution in [-0.2, 0) is 5.41 Å². The van der Waals surface area contributed by atoms with Crippen molar-refractivity contribution in [3.8, 4) is 33.6 Å². The lowest BCUT2D eigenvalue weighted by molar-refractivity contribution is 0.590. The van der Waals surface area contributed by atoms with Crippen LogP contribution in [0.3, 0.4) is 0 Å². The van der Waals surface area contributed by atoms with Gasteiger partial charge in [-0.1, -0.05) is 82.0 Å². The number of aromatic nitrogens is 2. The Balaban J connectivity index is 2.01. The second kappa shape index (κ2) is 8.68. The molecule has 2 aromatic heterocycles. The van der Waals surface area contributed by atoms with Crippen molar-refractivity contribution in [3.05, 3.63) is 90.5 Å². The molecule has 2 aromatic carbocycles. The maximum Gasteiger partial charge on any atom is 0.141 e. The first-order valence-corrected chi connectivity index (χ1v) is 14.9. The monoisotopic (exact) mass is 454 g/mol. The Hall–Kier alpha value is -3.11. The molecule has 2 heterocycles. The van der Waals surface area contributed by atoms with Gasteiger partial charge in [-0.15, -0.1) is 0 Å². The van der Waals surface area contributed by atoms with Gasteiger partial charge in [0.1, 0.15) is 5.82 Å². The summed E-state index contributed by atoms with van der Waals surface area (Å²) < 4.78 is 13.7. The standard InChI is InChI=1S/C29H31FN2Si/c1-29(2,3)20-10-13-23(25(17-20)27-9-7-8-16-31-27)24-14-12-22(33(4,5)6)18-26(24)28-15-11-21(30)19-32-28/h7-19H,1-6H3. The van der Waals surface area contributed by atoms with Gasteiger partial charge in [0.15, 0.2) is 0 Å². The molecule has 4 heteroatoms. The normalized spacial score (nSPS) is 12.1. The molecule has 4 rings (SSSR count). The molecular weight excluding hydrogens is 423 g/mol. The highest BCUT2D eigenvalue weighted by Crippen LogP contribution is 2.39. The van der Waals surface area contributed by atoms with Crippen LogP contribution in [0.1, 0.15) is 26.3 Å². The van der Waals surface area contributed by atoms with E-state index >= 15 is 0 Å². The highest BCUT2D eigenvalue weighted by atomic mass is 28.3. The molecule has 4 aromatic rings. The van der Waals surface area contributed by atoms with Gasteiger partial charge >= 0.3 is 0 Å².